The second-order valence-electron chi connectivity index (χ2n) is 4.74. The third kappa shape index (κ3) is 4.13. The molecule has 1 aromatic carbocycles. The zero-order valence-electron chi connectivity index (χ0n) is 11.7. The van der Waals surface area contributed by atoms with Crippen molar-refractivity contribution in [1.29, 1.82) is 0 Å². The van der Waals surface area contributed by atoms with Gasteiger partial charge in [0.15, 0.2) is 9.84 Å². The first-order valence-corrected chi connectivity index (χ1v) is 7.79. The third-order valence-electron chi connectivity index (χ3n) is 3.03. The van der Waals surface area contributed by atoms with Crippen LogP contribution in [-0.2, 0) is 19.4 Å². The predicted molar refractivity (Wildman–Crippen MR) is 76.8 cm³/mol. The van der Waals surface area contributed by atoms with Crippen molar-refractivity contribution in [2.24, 2.45) is 11.8 Å². The van der Waals surface area contributed by atoms with Gasteiger partial charge in [-0.2, -0.15) is 0 Å². The van der Waals surface area contributed by atoms with Crippen LogP contribution in [-0.4, -0.2) is 20.0 Å². The maximum Gasteiger partial charge on any atom is 0.199 e. The van der Waals surface area contributed by atoms with Gasteiger partial charge in [0.25, 0.3) is 0 Å². The van der Waals surface area contributed by atoms with Gasteiger partial charge in [0, 0.05) is 5.41 Å². The summed E-state index contributed by atoms with van der Waals surface area (Å²) in [5, 5.41) is 1.06. The number of hydrogen-bond donors (Lipinski definition) is 0. The SMILES string of the molecule is CC(=O)C(C(C)=O)C(C)/C=C/S(=O)(=O)c1ccccc1. The Morgan fingerprint density at radius 2 is 1.55 bits per heavy atom. The number of carbonyl (C=O) groups is 2. The zero-order valence-corrected chi connectivity index (χ0v) is 12.6. The number of allylic oxidation sites excluding steroid dienone is 1. The molecule has 0 bridgehead atoms. The molecular weight excluding hydrogens is 276 g/mol. The highest BCUT2D eigenvalue weighted by Crippen LogP contribution is 2.18. The fraction of sp³-hybridized carbons (Fsp3) is 0.333. The van der Waals surface area contributed by atoms with Crippen molar-refractivity contribution >= 4 is 21.4 Å². The topological polar surface area (TPSA) is 68.3 Å². The molecule has 0 saturated carbocycles. The van der Waals surface area contributed by atoms with Crippen molar-refractivity contribution in [3.63, 3.8) is 0 Å². The Morgan fingerprint density at radius 3 is 2.00 bits per heavy atom. The number of ketones is 2. The number of rotatable bonds is 6. The third-order valence-corrected chi connectivity index (χ3v) is 4.48. The summed E-state index contributed by atoms with van der Waals surface area (Å²) in [7, 11) is -3.54. The normalized spacial score (nSPS) is 13.6. The minimum absolute atomic E-state index is 0.186. The number of carbonyl (C=O) groups excluding carboxylic acids is 2. The molecule has 0 radical (unpaired) electrons. The Morgan fingerprint density at radius 1 is 1.05 bits per heavy atom. The van der Waals surface area contributed by atoms with Gasteiger partial charge in [0.2, 0.25) is 0 Å². The average molecular weight is 294 g/mol. The zero-order chi connectivity index (χ0) is 15.3. The number of Topliss-reactive ketones (excluding diaryl/α,β-unsaturated/α-hetero) is 2. The Kier molecular flexibility index (Phi) is 5.39. The quantitative estimate of drug-likeness (QED) is 0.756. The Balaban J connectivity index is 2.97. The summed E-state index contributed by atoms with van der Waals surface area (Å²) >= 11 is 0. The molecule has 0 aliphatic carbocycles. The van der Waals surface area contributed by atoms with E-state index in [1.807, 2.05) is 0 Å². The molecule has 1 aromatic rings. The molecule has 0 aromatic heterocycles. The minimum atomic E-state index is -3.54. The van der Waals surface area contributed by atoms with Gasteiger partial charge in [-0.05, 0) is 31.9 Å². The summed E-state index contributed by atoms with van der Waals surface area (Å²) in [6, 6.07) is 8.00. The molecule has 1 unspecified atom stereocenters. The van der Waals surface area contributed by atoms with Crippen molar-refractivity contribution in [3.8, 4) is 0 Å². The molecule has 0 aliphatic rings. The van der Waals surface area contributed by atoms with Crippen molar-refractivity contribution in [2.75, 3.05) is 0 Å². The molecule has 1 atom stereocenters. The van der Waals surface area contributed by atoms with Crippen LogP contribution in [0.3, 0.4) is 0 Å². The van der Waals surface area contributed by atoms with Crippen molar-refractivity contribution in [1.82, 2.24) is 0 Å². The van der Waals surface area contributed by atoms with Gasteiger partial charge in [0.1, 0.15) is 11.6 Å². The summed E-state index contributed by atoms with van der Waals surface area (Å²) in [5.74, 6) is -1.76. The molecule has 0 fully saturated rings. The first kappa shape index (κ1) is 16.3. The Bertz CT molecular complexity index is 601. The summed E-state index contributed by atoms with van der Waals surface area (Å²) in [4.78, 5) is 23.0. The molecular formula is C15H18O4S. The maximum absolute atomic E-state index is 12.0. The molecule has 20 heavy (non-hydrogen) atoms. The molecule has 0 heterocycles. The van der Waals surface area contributed by atoms with E-state index >= 15 is 0 Å². The van der Waals surface area contributed by atoms with Gasteiger partial charge < -0.3 is 0 Å². The van der Waals surface area contributed by atoms with E-state index in [1.165, 1.54) is 32.1 Å². The van der Waals surface area contributed by atoms with Crippen molar-refractivity contribution < 1.29 is 18.0 Å². The van der Waals surface area contributed by atoms with E-state index in [2.05, 4.69) is 0 Å². The molecule has 0 N–H and O–H groups in total. The van der Waals surface area contributed by atoms with E-state index in [4.69, 9.17) is 0 Å². The van der Waals surface area contributed by atoms with Crippen molar-refractivity contribution in [3.05, 3.63) is 41.8 Å². The van der Waals surface area contributed by atoms with Gasteiger partial charge >= 0.3 is 0 Å². The van der Waals surface area contributed by atoms with Crippen LogP contribution in [0.5, 0.6) is 0 Å². The lowest BCUT2D eigenvalue weighted by atomic mass is 9.88. The van der Waals surface area contributed by atoms with Crippen LogP contribution in [0.2, 0.25) is 0 Å². The van der Waals surface area contributed by atoms with E-state index in [0.717, 1.165) is 5.41 Å². The second-order valence-corrected chi connectivity index (χ2v) is 6.58. The van der Waals surface area contributed by atoms with Crippen LogP contribution in [0.15, 0.2) is 46.7 Å². The molecule has 4 nitrogen and oxygen atoms in total. The van der Waals surface area contributed by atoms with Gasteiger partial charge in [-0.15, -0.1) is 0 Å². The largest absolute Gasteiger partial charge is 0.299 e. The van der Waals surface area contributed by atoms with Crippen LogP contribution >= 0.6 is 0 Å². The molecule has 1 rings (SSSR count). The van der Waals surface area contributed by atoms with Gasteiger partial charge in [-0.25, -0.2) is 8.42 Å². The highest BCUT2D eigenvalue weighted by Gasteiger charge is 2.25. The van der Waals surface area contributed by atoms with Crippen LogP contribution in [0.4, 0.5) is 0 Å². The van der Waals surface area contributed by atoms with Gasteiger partial charge in [-0.3, -0.25) is 9.59 Å². The molecule has 0 spiro atoms. The standard InChI is InChI=1S/C15H18O4S/c1-11(15(12(2)16)13(3)17)9-10-20(18,19)14-7-5-4-6-8-14/h4-11,15H,1-3H3/b10-9+. The lowest BCUT2D eigenvalue weighted by molar-refractivity contribution is -0.131. The van der Waals surface area contributed by atoms with Crippen LogP contribution in [0, 0.1) is 11.8 Å². The number of hydrogen-bond acceptors (Lipinski definition) is 4. The molecule has 0 aliphatic heterocycles. The van der Waals surface area contributed by atoms with Crippen LogP contribution in [0.1, 0.15) is 20.8 Å². The summed E-state index contributed by atoms with van der Waals surface area (Å²) in [5.41, 5.74) is 0. The highest BCUT2D eigenvalue weighted by molar-refractivity contribution is 7.94. The van der Waals surface area contributed by atoms with Gasteiger partial charge in [-0.1, -0.05) is 31.2 Å². The number of benzene rings is 1. The Labute approximate surface area is 119 Å². The molecule has 5 heteroatoms. The summed E-state index contributed by atoms with van der Waals surface area (Å²) in [6.45, 7) is 4.33. The van der Waals surface area contributed by atoms with E-state index in [0.29, 0.717) is 0 Å². The van der Waals surface area contributed by atoms with Gasteiger partial charge in [0.05, 0.1) is 10.8 Å². The molecule has 0 saturated heterocycles. The highest BCUT2D eigenvalue weighted by atomic mass is 32.2. The molecule has 108 valence electrons. The van der Waals surface area contributed by atoms with Crippen LogP contribution in [0.25, 0.3) is 0 Å². The minimum Gasteiger partial charge on any atom is -0.299 e. The Hall–Kier alpha value is -1.75. The first-order valence-electron chi connectivity index (χ1n) is 6.25. The van der Waals surface area contributed by atoms with E-state index < -0.39 is 21.7 Å². The fourth-order valence-corrected chi connectivity index (χ4v) is 3.20. The van der Waals surface area contributed by atoms with E-state index in [9.17, 15) is 18.0 Å². The smallest absolute Gasteiger partial charge is 0.199 e. The van der Waals surface area contributed by atoms with Crippen molar-refractivity contribution in [2.45, 2.75) is 25.7 Å². The van der Waals surface area contributed by atoms with Crippen LogP contribution < -0.4 is 0 Å². The number of sulfone groups is 1. The first-order chi connectivity index (χ1) is 9.25. The monoisotopic (exact) mass is 294 g/mol. The fourth-order valence-electron chi connectivity index (χ4n) is 2.05. The van der Waals surface area contributed by atoms with E-state index in [1.54, 1.807) is 25.1 Å². The lowest BCUT2D eigenvalue weighted by Gasteiger charge is -2.15. The lowest BCUT2D eigenvalue weighted by Crippen LogP contribution is -2.25. The predicted octanol–water partition coefficient (Wildman–Crippen LogP) is 2.40. The summed E-state index contributed by atoms with van der Waals surface area (Å²) < 4.78 is 24.1. The molecule has 0 amide bonds. The average Bonchev–Trinajstić information content (AvgIpc) is 2.37. The van der Waals surface area contributed by atoms with E-state index in [-0.39, 0.29) is 16.5 Å². The maximum atomic E-state index is 12.0. The summed E-state index contributed by atoms with van der Waals surface area (Å²) in [6.07, 6.45) is 1.40. The second kappa shape index (κ2) is 6.61.